The molecule has 0 spiro atoms. The van der Waals surface area contributed by atoms with E-state index in [1.54, 1.807) is 36.4 Å². The predicted octanol–water partition coefficient (Wildman–Crippen LogP) is 2.76. The van der Waals surface area contributed by atoms with Crippen LogP contribution in [0.25, 0.3) is 11.4 Å². The first-order chi connectivity index (χ1) is 10.2. The maximum atomic E-state index is 13.7. The Kier molecular flexibility index (Phi) is 3.53. The number of benzene rings is 2. The van der Waals surface area contributed by atoms with E-state index in [0.29, 0.717) is 27.7 Å². The van der Waals surface area contributed by atoms with Gasteiger partial charge >= 0.3 is 0 Å². The lowest BCUT2D eigenvalue weighted by Crippen LogP contribution is -2.07. The molecule has 3 aromatic rings. The largest absolute Gasteiger partial charge is 0.397 e. The molecule has 0 aliphatic rings. The third-order valence-corrected chi connectivity index (χ3v) is 3.43. The molecular formula is C14H11ClFN5. The number of nitrogen functional groups attached to an aromatic ring is 1. The van der Waals surface area contributed by atoms with Crippen LogP contribution >= 0.6 is 11.6 Å². The quantitative estimate of drug-likeness (QED) is 0.755. The molecule has 1 aromatic heterocycles. The molecule has 0 fully saturated rings. The molecule has 0 atom stereocenters. The summed E-state index contributed by atoms with van der Waals surface area (Å²) in [7, 11) is 0. The van der Waals surface area contributed by atoms with Crippen LogP contribution in [0.2, 0.25) is 5.02 Å². The van der Waals surface area contributed by atoms with Gasteiger partial charge in [0, 0.05) is 11.1 Å². The smallest absolute Gasteiger partial charge is 0.184 e. The highest BCUT2D eigenvalue weighted by atomic mass is 35.5. The van der Waals surface area contributed by atoms with Crippen LogP contribution in [-0.4, -0.2) is 20.2 Å². The van der Waals surface area contributed by atoms with Gasteiger partial charge in [-0.3, -0.25) is 0 Å². The molecule has 0 radical (unpaired) electrons. The molecule has 7 heteroatoms. The fourth-order valence-electron chi connectivity index (χ4n) is 2.02. The Hall–Kier alpha value is -2.47. The van der Waals surface area contributed by atoms with Crippen molar-refractivity contribution in [1.82, 2.24) is 20.2 Å². The lowest BCUT2D eigenvalue weighted by molar-refractivity contribution is 0.579. The summed E-state index contributed by atoms with van der Waals surface area (Å²) >= 11 is 6.01. The number of halogens is 2. The SMILES string of the molecule is Nc1c(Cl)cccc1-c1nnnn1Cc1ccccc1F. The second-order valence-corrected chi connectivity index (χ2v) is 4.86. The van der Waals surface area contributed by atoms with Crippen molar-refractivity contribution in [2.75, 3.05) is 5.73 Å². The fraction of sp³-hybridized carbons (Fsp3) is 0.0714. The average Bonchev–Trinajstić information content (AvgIpc) is 2.92. The van der Waals surface area contributed by atoms with Gasteiger partial charge in [-0.2, -0.15) is 0 Å². The number of anilines is 1. The van der Waals surface area contributed by atoms with Crippen molar-refractivity contribution in [2.24, 2.45) is 0 Å². The highest BCUT2D eigenvalue weighted by Crippen LogP contribution is 2.29. The Morgan fingerprint density at radius 3 is 2.76 bits per heavy atom. The minimum absolute atomic E-state index is 0.209. The zero-order chi connectivity index (χ0) is 14.8. The molecule has 0 saturated heterocycles. The van der Waals surface area contributed by atoms with Gasteiger partial charge in [-0.25, -0.2) is 9.07 Å². The van der Waals surface area contributed by atoms with Crippen molar-refractivity contribution in [1.29, 1.82) is 0 Å². The molecule has 0 bridgehead atoms. The highest BCUT2D eigenvalue weighted by molar-refractivity contribution is 6.33. The standard InChI is InChI=1S/C14H11ClFN5/c15-11-6-3-5-10(13(11)17)14-18-19-20-21(14)8-9-4-1-2-7-12(9)16/h1-7H,8,17H2. The van der Waals surface area contributed by atoms with Crippen LogP contribution in [0.3, 0.4) is 0 Å². The molecule has 106 valence electrons. The van der Waals surface area contributed by atoms with E-state index in [9.17, 15) is 4.39 Å². The van der Waals surface area contributed by atoms with Gasteiger partial charge in [0.25, 0.3) is 0 Å². The molecule has 2 N–H and O–H groups in total. The number of nitrogens with zero attached hydrogens (tertiary/aromatic N) is 4. The van der Waals surface area contributed by atoms with Crippen LogP contribution < -0.4 is 5.73 Å². The first-order valence-corrected chi connectivity index (χ1v) is 6.58. The number of rotatable bonds is 3. The van der Waals surface area contributed by atoms with E-state index in [-0.39, 0.29) is 12.4 Å². The summed E-state index contributed by atoms with van der Waals surface area (Å²) in [5.74, 6) is 0.135. The van der Waals surface area contributed by atoms with E-state index in [1.165, 1.54) is 10.7 Å². The fourth-order valence-corrected chi connectivity index (χ4v) is 2.20. The third kappa shape index (κ3) is 2.57. The lowest BCUT2D eigenvalue weighted by atomic mass is 10.1. The highest BCUT2D eigenvalue weighted by Gasteiger charge is 2.14. The van der Waals surface area contributed by atoms with Crippen LogP contribution in [0.15, 0.2) is 42.5 Å². The molecule has 5 nitrogen and oxygen atoms in total. The number of tetrazole rings is 1. The maximum Gasteiger partial charge on any atom is 0.184 e. The molecule has 1 heterocycles. The average molecular weight is 304 g/mol. The third-order valence-electron chi connectivity index (χ3n) is 3.10. The molecule has 21 heavy (non-hydrogen) atoms. The molecule has 2 aromatic carbocycles. The minimum Gasteiger partial charge on any atom is -0.397 e. The van der Waals surface area contributed by atoms with E-state index >= 15 is 0 Å². The Labute approximate surface area is 125 Å². The normalized spacial score (nSPS) is 10.8. The summed E-state index contributed by atoms with van der Waals surface area (Å²) in [6.07, 6.45) is 0. The summed E-state index contributed by atoms with van der Waals surface area (Å²) in [5, 5.41) is 11.9. The van der Waals surface area contributed by atoms with Crippen molar-refractivity contribution in [2.45, 2.75) is 6.54 Å². The van der Waals surface area contributed by atoms with Crippen molar-refractivity contribution in [3.63, 3.8) is 0 Å². The van der Waals surface area contributed by atoms with Gasteiger partial charge in [-0.15, -0.1) is 5.10 Å². The number of aromatic nitrogens is 4. The minimum atomic E-state index is -0.307. The molecule has 0 unspecified atom stereocenters. The van der Waals surface area contributed by atoms with Crippen LogP contribution in [0, 0.1) is 5.82 Å². The Morgan fingerprint density at radius 2 is 1.95 bits per heavy atom. The van der Waals surface area contributed by atoms with Crippen LogP contribution in [0.4, 0.5) is 10.1 Å². The first kappa shape index (κ1) is 13.5. The van der Waals surface area contributed by atoms with Gasteiger partial charge in [-0.05, 0) is 28.6 Å². The number of hydrogen-bond donors (Lipinski definition) is 1. The molecule has 0 aliphatic carbocycles. The summed E-state index contributed by atoms with van der Waals surface area (Å²) in [4.78, 5) is 0. The summed E-state index contributed by atoms with van der Waals surface area (Å²) in [5.41, 5.74) is 7.45. The van der Waals surface area contributed by atoms with Crippen molar-refractivity contribution in [3.05, 3.63) is 58.9 Å². The predicted molar refractivity (Wildman–Crippen MR) is 78.2 cm³/mol. The monoisotopic (exact) mass is 303 g/mol. The van der Waals surface area contributed by atoms with Crippen molar-refractivity contribution < 1.29 is 4.39 Å². The number of hydrogen-bond acceptors (Lipinski definition) is 4. The molecule has 0 saturated carbocycles. The Balaban J connectivity index is 2.02. The number of nitrogens with two attached hydrogens (primary N) is 1. The van der Waals surface area contributed by atoms with Crippen LogP contribution in [0.1, 0.15) is 5.56 Å². The zero-order valence-electron chi connectivity index (χ0n) is 10.9. The molecule has 3 rings (SSSR count). The van der Waals surface area contributed by atoms with Gasteiger partial charge in [0.2, 0.25) is 0 Å². The van der Waals surface area contributed by atoms with Gasteiger partial charge < -0.3 is 5.73 Å². The Morgan fingerprint density at radius 1 is 1.14 bits per heavy atom. The Bertz CT molecular complexity index is 787. The van der Waals surface area contributed by atoms with E-state index in [1.807, 2.05) is 0 Å². The molecule has 0 aliphatic heterocycles. The lowest BCUT2D eigenvalue weighted by Gasteiger charge is -2.08. The van der Waals surface area contributed by atoms with E-state index in [4.69, 9.17) is 17.3 Å². The van der Waals surface area contributed by atoms with Crippen LogP contribution in [-0.2, 0) is 6.54 Å². The van der Waals surface area contributed by atoms with E-state index in [2.05, 4.69) is 15.5 Å². The van der Waals surface area contributed by atoms with E-state index < -0.39 is 0 Å². The molecular weight excluding hydrogens is 293 g/mol. The van der Waals surface area contributed by atoms with E-state index in [0.717, 1.165) is 0 Å². The van der Waals surface area contributed by atoms with Gasteiger partial charge in [0.15, 0.2) is 5.82 Å². The summed E-state index contributed by atoms with van der Waals surface area (Å²) in [6, 6.07) is 11.7. The van der Waals surface area contributed by atoms with Crippen molar-refractivity contribution >= 4 is 17.3 Å². The zero-order valence-corrected chi connectivity index (χ0v) is 11.6. The van der Waals surface area contributed by atoms with Crippen LogP contribution in [0.5, 0.6) is 0 Å². The first-order valence-electron chi connectivity index (χ1n) is 6.21. The summed E-state index contributed by atoms with van der Waals surface area (Å²) < 4.78 is 15.2. The van der Waals surface area contributed by atoms with Gasteiger partial charge in [0.05, 0.1) is 17.3 Å². The topological polar surface area (TPSA) is 69.6 Å². The molecule has 0 amide bonds. The second kappa shape index (κ2) is 5.49. The number of para-hydroxylation sites is 1. The maximum absolute atomic E-state index is 13.7. The second-order valence-electron chi connectivity index (χ2n) is 4.45. The van der Waals surface area contributed by atoms with Crippen molar-refractivity contribution in [3.8, 4) is 11.4 Å². The van der Waals surface area contributed by atoms with Gasteiger partial charge in [-0.1, -0.05) is 35.9 Å². The van der Waals surface area contributed by atoms with Gasteiger partial charge in [0.1, 0.15) is 5.82 Å². The summed E-state index contributed by atoms with van der Waals surface area (Å²) in [6.45, 7) is 0.209.